The molecule has 2 aliphatic rings. The molecule has 0 saturated carbocycles. The van der Waals surface area contributed by atoms with Crippen molar-refractivity contribution in [2.75, 3.05) is 39.3 Å². The zero-order valence-electron chi connectivity index (χ0n) is 14.5. The number of hydrogen-bond acceptors (Lipinski definition) is 4. The number of ether oxygens (including phenoxy) is 1. The quantitative estimate of drug-likeness (QED) is 0.867. The fraction of sp³-hybridized carbons (Fsp3) is 0.632. The summed E-state index contributed by atoms with van der Waals surface area (Å²) in [6, 6.07) is 7.85. The van der Waals surface area contributed by atoms with Gasteiger partial charge >= 0.3 is 0 Å². The summed E-state index contributed by atoms with van der Waals surface area (Å²) in [6.07, 6.45) is 6.03. The number of amides is 1. The van der Waals surface area contributed by atoms with Gasteiger partial charge in [0.25, 0.3) is 5.91 Å². The van der Waals surface area contributed by atoms with E-state index in [1.807, 2.05) is 24.3 Å². The van der Waals surface area contributed by atoms with E-state index in [4.69, 9.17) is 10.5 Å². The van der Waals surface area contributed by atoms with E-state index in [2.05, 4.69) is 9.80 Å². The molecule has 2 fully saturated rings. The Morgan fingerprint density at radius 2 is 1.96 bits per heavy atom. The molecule has 2 aliphatic heterocycles. The molecule has 1 aromatic carbocycles. The lowest BCUT2D eigenvalue weighted by Gasteiger charge is -2.38. The van der Waals surface area contributed by atoms with Crippen LogP contribution in [0.3, 0.4) is 0 Å². The van der Waals surface area contributed by atoms with Crippen LogP contribution in [-0.2, 0) is 0 Å². The average Bonchev–Trinajstić information content (AvgIpc) is 3.13. The standard InChI is InChI=1S/C19H29N3O2/c20-9-13-24-18-8-5-6-16(14-18)19(23)22-12-2-1-7-17(22)15-21-10-3-4-11-21/h5-6,8,14,17H,1-4,7,9-13,15,20H2/t17-/m0/s1. The summed E-state index contributed by atoms with van der Waals surface area (Å²) in [6.45, 7) is 5.20. The summed E-state index contributed by atoms with van der Waals surface area (Å²) in [5.41, 5.74) is 6.20. The monoisotopic (exact) mass is 331 g/mol. The lowest BCUT2D eigenvalue weighted by molar-refractivity contribution is 0.0560. The number of nitrogens with zero attached hydrogens (tertiary/aromatic N) is 2. The van der Waals surface area contributed by atoms with Crippen LogP contribution in [0, 0.1) is 0 Å². The first-order valence-corrected chi connectivity index (χ1v) is 9.24. The Morgan fingerprint density at radius 1 is 1.17 bits per heavy atom. The normalized spacial score (nSPS) is 21.9. The number of likely N-dealkylation sites (tertiary alicyclic amines) is 2. The first kappa shape index (κ1) is 17.2. The molecule has 5 heteroatoms. The van der Waals surface area contributed by atoms with Crippen molar-refractivity contribution in [3.63, 3.8) is 0 Å². The molecular weight excluding hydrogens is 302 g/mol. The van der Waals surface area contributed by atoms with Crippen molar-refractivity contribution in [1.29, 1.82) is 0 Å². The molecule has 3 rings (SSSR count). The van der Waals surface area contributed by atoms with Gasteiger partial charge in [0.1, 0.15) is 12.4 Å². The molecule has 0 aromatic heterocycles. The minimum atomic E-state index is 0.136. The highest BCUT2D eigenvalue weighted by Crippen LogP contribution is 2.23. The predicted molar refractivity (Wildman–Crippen MR) is 95.3 cm³/mol. The van der Waals surface area contributed by atoms with E-state index < -0.39 is 0 Å². The SMILES string of the molecule is NCCOc1cccc(C(=O)N2CCCC[C@H]2CN2CCCC2)c1. The van der Waals surface area contributed by atoms with Crippen molar-refractivity contribution < 1.29 is 9.53 Å². The minimum absolute atomic E-state index is 0.136. The molecule has 132 valence electrons. The molecule has 2 saturated heterocycles. The molecule has 0 unspecified atom stereocenters. The lowest BCUT2D eigenvalue weighted by atomic mass is 10.00. The zero-order valence-corrected chi connectivity index (χ0v) is 14.5. The minimum Gasteiger partial charge on any atom is -0.492 e. The molecule has 0 bridgehead atoms. The summed E-state index contributed by atoms with van der Waals surface area (Å²) in [4.78, 5) is 17.6. The average molecular weight is 331 g/mol. The van der Waals surface area contributed by atoms with Gasteiger partial charge in [-0.2, -0.15) is 0 Å². The highest BCUT2D eigenvalue weighted by Gasteiger charge is 2.29. The second kappa shape index (κ2) is 8.49. The molecule has 2 heterocycles. The Kier molecular flexibility index (Phi) is 6.10. The molecule has 2 N–H and O–H groups in total. The Hall–Kier alpha value is -1.59. The molecule has 1 atom stereocenters. The van der Waals surface area contributed by atoms with Gasteiger partial charge in [0.2, 0.25) is 0 Å². The summed E-state index contributed by atoms with van der Waals surface area (Å²) in [7, 11) is 0. The maximum atomic E-state index is 13.0. The third kappa shape index (κ3) is 4.28. The Balaban J connectivity index is 1.68. The van der Waals surface area contributed by atoms with Crippen molar-refractivity contribution in [3.8, 4) is 5.75 Å². The predicted octanol–water partition coefficient (Wildman–Crippen LogP) is 2.11. The summed E-state index contributed by atoms with van der Waals surface area (Å²) < 4.78 is 5.56. The van der Waals surface area contributed by atoms with Gasteiger partial charge in [-0.3, -0.25) is 4.79 Å². The van der Waals surface area contributed by atoms with Crippen LogP contribution in [0.2, 0.25) is 0 Å². The van der Waals surface area contributed by atoms with E-state index in [0.29, 0.717) is 19.2 Å². The number of carbonyl (C=O) groups is 1. The number of rotatable bonds is 6. The second-order valence-electron chi connectivity index (χ2n) is 6.82. The van der Waals surface area contributed by atoms with Crippen molar-refractivity contribution in [3.05, 3.63) is 29.8 Å². The first-order chi connectivity index (χ1) is 11.8. The van der Waals surface area contributed by atoms with E-state index >= 15 is 0 Å². The van der Waals surface area contributed by atoms with E-state index in [1.165, 1.54) is 32.4 Å². The Labute approximate surface area is 144 Å². The van der Waals surface area contributed by atoms with Crippen LogP contribution in [0.5, 0.6) is 5.75 Å². The van der Waals surface area contributed by atoms with Gasteiger partial charge in [0.15, 0.2) is 0 Å². The highest BCUT2D eigenvalue weighted by molar-refractivity contribution is 5.94. The lowest BCUT2D eigenvalue weighted by Crippen LogP contribution is -2.49. The number of benzene rings is 1. The van der Waals surface area contributed by atoms with Gasteiger partial charge in [0, 0.05) is 31.2 Å². The van der Waals surface area contributed by atoms with Crippen LogP contribution in [0.15, 0.2) is 24.3 Å². The molecule has 1 aromatic rings. The largest absolute Gasteiger partial charge is 0.492 e. The van der Waals surface area contributed by atoms with Gasteiger partial charge in [-0.1, -0.05) is 6.07 Å². The van der Waals surface area contributed by atoms with E-state index in [1.54, 1.807) is 0 Å². The van der Waals surface area contributed by atoms with Gasteiger partial charge in [-0.15, -0.1) is 0 Å². The summed E-state index contributed by atoms with van der Waals surface area (Å²) >= 11 is 0. The third-order valence-electron chi connectivity index (χ3n) is 5.02. The molecule has 24 heavy (non-hydrogen) atoms. The molecule has 1 amide bonds. The van der Waals surface area contributed by atoms with Gasteiger partial charge in [0.05, 0.1) is 0 Å². The fourth-order valence-corrected chi connectivity index (χ4v) is 3.78. The maximum absolute atomic E-state index is 13.0. The number of carbonyl (C=O) groups excluding carboxylic acids is 1. The molecule has 5 nitrogen and oxygen atoms in total. The molecule has 0 radical (unpaired) electrons. The summed E-state index contributed by atoms with van der Waals surface area (Å²) in [5, 5.41) is 0. The zero-order chi connectivity index (χ0) is 16.8. The van der Waals surface area contributed by atoms with Crippen LogP contribution in [0.1, 0.15) is 42.5 Å². The van der Waals surface area contributed by atoms with Crippen LogP contribution >= 0.6 is 0 Å². The van der Waals surface area contributed by atoms with Gasteiger partial charge in [-0.05, 0) is 63.4 Å². The molecule has 0 spiro atoms. The van der Waals surface area contributed by atoms with Crippen molar-refractivity contribution in [2.24, 2.45) is 5.73 Å². The van der Waals surface area contributed by atoms with Crippen LogP contribution < -0.4 is 10.5 Å². The first-order valence-electron chi connectivity index (χ1n) is 9.24. The Bertz CT molecular complexity index is 543. The highest BCUT2D eigenvalue weighted by atomic mass is 16.5. The number of hydrogen-bond donors (Lipinski definition) is 1. The number of nitrogens with two attached hydrogens (primary N) is 1. The molecule has 0 aliphatic carbocycles. The van der Waals surface area contributed by atoms with E-state index in [-0.39, 0.29) is 5.91 Å². The van der Waals surface area contributed by atoms with Crippen LogP contribution in [0.25, 0.3) is 0 Å². The Morgan fingerprint density at radius 3 is 2.75 bits per heavy atom. The summed E-state index contributed by atoms with van der Waals surface area (Å²) in [5.74, 6) is 0.858. The van der Waals surface area contributed by atoms with Crippen LogP contribution in [0.4, 0.5) is 0 Å². The van der Waals surface area contributed by atoms with E-state index in [0.717, 1.165) is 37.2 Å². The van der Waals surface area contributed by atoms with Gasteiger partial charge in [-0.25, -0.2) is 0 Å². The van der Waals surface area contributed by atoms with Crippen molar-refractivity contribution in [2.45, 2.75) is 38.1 Å². The topological polar surface area (TPSA) is 58.8 Å². The van der Waals surface area contributed by atoms with Gasteiger partial charge < -0.3 is 20.3 Å². The second-order valence-corrected chi connectivity index (χ2v) is 6.82. The third-order valence-corrected chi connectivity index (χ3v) is 5.02. The van der Waals surface area contributed by atoms with Crippen molar-refractivity contribution >= 4 is 5.91 Å². The van der Waals surface area contributed by atoms with Crippen LogP contribution in [-0.4, -0.2) is 61.1 Å². The fourth-order valence-electron chi connectivity index (χ4n) is 3.78. The maximum Gasteiger partial charge on any atom is 0.254 e. The smallest absolute Gasteiger partial charge is 0.254 e. The number of piperidine rings is 1. The van der Waals surface area contributed by atoms with Crippen molar-refractivity contribution in [1.82, 2.24) is 9.80 Å². The molecular formula is C19H29N3O2. The van der Waals surface area contributed by atoms with E-state index in [9.17, 15) is 4.79 Å².